The van der Waals surface area contributed by atoms with E-state index < -0.39 is 23.4 Å². The van der Waals surface area contributed by atoms with Crippen LogP contribution >= 0.6 is 11.6 Å². The fraction of sp³-hybridized carbons (Fsp3) is 0.100. The molecule has 86 valence electrons. The molecule has 1 saturated heterocycles. The highest BCUT2D eigenvalue weighted by molar-refractivity contribution is 6.32. The van der Waals surface area contributed by atoms with Crippen molar-refractivity contribution < 1.29 is 14.4 Å². The largest absolute Gasteiger partial charge is 0.323 e. The van der Waals surface area contributed by atoms with E-state index in [1.807, 2.05) is 5.32 Å². The maximum Gasteiger partial charge on any atom is 0.323 e. The van der Waals surface area contributed by atoms with Crippen molar-refractivity contribution in [2.75, 3.05) is 5.32 Å². The molecule has 3 N–H and O–H groups in total. The molecule has 1 unspecified atom stereocenters. The van der Waals surface area contributed by atoms with Crippen LogP contribution in [-0.4, -0.2) is 17.8 Å². The molecule has 2 aliphatic rings. The van der Waals surface area contributed by atoms with Crippen LogP contribution in [0.15, 0.2) is 18.2 Å². The second-order valence-corrected chi connectivity index (χ2v) is 4.24. The van der Waals surface area contributed by atoms with Gasteiger partial charge in [-0.05, 0) is 18.2 Å². The fourth-order valence-electron chi connectivity index (χ4n) is 2.08. The Morgan fingerprint density at radius 3 is 2.41 bits per heavy atom. The monoisotopic (exact) mass is 251 g/mol. The van der Waals surface area contributed by atoms with Crippen LogP contribution in [0.3, 0.4) is 0 Å². The second kappa shape index (κ2) is 2.98. The van der Waals surface area contributed by atoms with E-state index in [9.17, 15) is 14.4 Å². The number of benzene rings is 1. The van der Waals surface area contributed by atoms with E-state index in [0.29, 0.717) is 16.3 Å². The van der Waals surface area contributed by atoms with Gasteiger partial charge in [-0.25, -0.2) is 4.79 Å². The van der Waals surface area contributed by atoms with Gasteiger partial charge in [0.15, 0.2) is 0 Å². The lowest BCUT2D eigenvalue weighted by molar-refractivity contribution is -0.132. The zero-order chi connectivity index (χ0) is 12.2. The zero-order valence-corrected chi connectivity index (χ0v) is 9.09. The summed E-state index contributed by atoms with van der Waals surface area (Å²) in [6.45, 7) is 0. The number of nitrogens with one attached hydrogen (secondary N) is 3. The minimum atomic E-state index is -1.68. The minimum Gasteiger partial charge on any atom is -0.323 e. The molecule has 6 nitrogen and oxygen atoms in total. The number of hydrogen-bond donors (Lipinski definition) is 3. The number of hydrogen-bond acceptors (Lipinski definition) is 3. The maximum absolute atomic E-state index is 11.9. The summed E-state index contributed by atoms with van der Waals surface area (Å²) >= 11 is 5.83. The molecular formula is C10H6ClN3O3. The molecule has 1 aromatic carbocycles. The van der Waals surface area contributed by atoms with Crippen molar-refractivity contribution >= 4 is 35.1 Å². The average Bonchev–Trinajstić information content (AvgIpc) is 2.70. The van der Waals surface area contributed by atoms with Gasteiger partial charge in [0.1, 0.15) is 0 Å². The molecule has 17 heavy (non-hydrogen) atoms. The summed E-state index contributed by atoms with van der Waals surface area (Å²) < 4.78 is 0. The van der Waals surface area contributed by atoms with Crippen LogP contribution in [0.5, 0.6) is 0 Å². The van der Waals surface area contributed by atoms with E-state index in [4.69, 9.17) is 11.6 Å². The van der Waals surface area contributed by atoms with Crippen LogP contribution < -0.4 is 16.0 Å². The lowest BCUT2D eigenvalue weighted by Crippen LogP contribution is -2.49. The Morgan fingerprint density at radius 2 is 1.76 bits per heavy atom. The minimum absolute atomic E-state index is 0.360. The molecule has 0 bridgehead atoms. The van der Waals surface area contributed by atoms with Crippen molar-refractivity contribution in [2.24, 2.45) is 0 Å². The van der Waals surface area contributed by atoms with Crippen molar-refractivity contribution in [3.8, 4) is 0 Å². The van der Waals surface area contributed by atoms with Gasteiger partial charge in [-0.1, -0.05) is 11.6 Å². The Labute approximate surface area is 100 Å². The molecule has 2 heterocycles. The zero-order valence-electron chi connectivity index (χ0n) is 8.33. The van der Waals surface area contributed by atoms with Crippen molar-refractivity contribution in [2.45, 2.75) is 5.54 Å². The van der Waals surface area contributed by atoms with Crippen molar-refractivity contribution in [1.29, 1.82) is 0 Å². The predicted molar refractivity (Wildman–Crippen MR) is 58.4 cm³/mol. The van der Waals surface area contributed by atoms with Crippen LogP contribution in [0.1, 0.15) is 5.56 Å². The maximum atomic E-state index is 11.9. The molecule has 0 radical (unpaired) electrons. The molecule has 0 aromatic heterocycles. The van der Waals surface area contributed by atoms with Gasteiger partial charge in [0.2, 0.25) is 5.54 Å². The third kappa shape index (κ3) is 1.13. The van der Waals surface area contributed by atoms with Gasteiger partial charge in [-0.15, -0.1) is 0 Å². The third-order valence-electron chi connectivity index (χ3n) is 2.84. The smallest absolute Gasteiger partial charge is 0.323 e. The topological polar surface area (TPSA) is 87.3 Å². The van der Waals surface area contributed by atoms with Gasteiger partial charge in [-0.2, -0.15) is 0 Å². The van der Waals surface area contributed by atoms with Crippen molar-refractivity contribution in [1.82, 2.24) is 10.6 Å². The van der Waals surface area contributed by atoms with Crippen LogP contribution in [-0.2, 0) is 15.1 Å². The third-order valence-corrected chi connectivity index (χ3v) is 3.08. The van der Waals surface area contributed by atoms with Gasteiger partial charge in [-0.3, -0.25) is 14.9 Å². The summed E-state index contributed by atoms with van der Waals surface area (Å²) in [6.07, 6.45) is 0. The average molecular weight is 252 g/mol. The van der Waals surface area contributed by atoms with E-state index in [2.05, 4.69) is 10.6 Å². The Balaban J connectivity index is 2.26. The predicted octanol–water partition coefficient (Wildman–Crippen LogP) is 0.327. The van der Waals surface area contributed by atoms with Gasteiger partial charge in [0.25, 0.3) is 11.8 Å². The van der Waals surface area contributed by atoms with Crippen LogP contribution in [0.2, 0.25) is 5.02 Å². The Hall–Kier alpha value is -2.08. The van der Waals surface area contributed by atoms with E-state index >= 15 is 0 Å². The molecule has 0 saturated carbocycles. The number of halogens is 1. The number of carbonyl (C=O) groups is 3. The molecular weight excluding hydrogens is 246 g/mol. The summed E-state index contributed by atoms with van der Waals surface area (Å²) in [5.74, 6) is -1.28. The molecule has 1 fully saturated rings. The highest BCUT2D eigenvalue weighted by Crippen LogP contribution is 2.39. The second-order valence-electron chi connectivity index (χ2n) is 3.80. The van der Waals surface area contributed by atoms with Gasteiger partial charge in [0, 0.05) is 16.3 Å². The number of urea groups is 1. The van der Waals surface area contributed by atoms with Gasteiger partial charge in [0.05, 0.1) is 0 Å². The molecule has 0 aliphatic carbocycles. The summed E-state index contributed by atoms with van der Waals surface area (Å²) in [4.78, 5) is 34.9. The number of amides is 4. The first-order chi connectivity index (χ1) is 8.04. The first-order valence-corrected chi connectivity index (χ1v) is 5.17. The number of fused-ring (bicyclic) bond motifs is 2. The van der Waals surface area contributed by atoms with Crippen molar-refractivity contribution in [3.05, 3.63) is 28.8 Å². The molecule has 2 aliphatic heterocycles. The molecule has 3 rings (SSSR count). The number of imide groups is 1. The summed E-state index contributed by atoms with van der Waals surface area (Å²) in [7, 11) is 0. The van der Waals surface area contributed by atoms with E-state index in [0.717, 1.165) is 0 Å². The summed E-state index contributed by atoms with van der Waals surface area (Å²) in [5.41, 5.74) is -0.854. The van der Waals surface area contributed by atoms with E-state index in [1.54, 1.807) is 12.1 Å². The summed E-state index contributed by atoms with van der Waals surface area (Å²) in [5, 5.41) is 7.31. The lowest BCUT2D eigenvalue weighted by atomic mass is 9.92. The molecule has 1 aromatic rings. The fourth-order valence-corrected chi connectivity index (χ4v) is 2.25. The lowest BCUT2D eigenvalue weighted by Gasteiger charge is -2.17. The standard InChI is InChI=1S/C10H6ClN3O3/c11-4-1-2-6-5(3-4)10(7(15)12-6)8(16)13-9(17)14-10/h1-3H,(H,12,15)(H2,13,14,16,17). The van der Waals surface area contributed by atoms with Crippen LogP contribution in [0, 0.1) is 0 Å². The molecule has 1 atom stereocenters. The quantitative estimate of drug-likeness (QED) is 0.459. The number of rotatable bonds is 0. The van der Waals surface area contributed by atoms with E-state index in [1.165, 1.54) is 6.07 Å². The van der Waals surface area contributed by atoms with Crippen molar-refractivity contribution in [3.63, 3.8) is 0 Å². The Bertz CT molecular complexity index is 586. The first kappa shape index (κ1) is 10.1. The highest BCUT2D eigenvalue weighted by atomic mass is 35.5. The van der Waals surface area contributed by atoms with Crippen LogP contribution in [0.25, 0.3) is 0 Å². The Morgan fingerprint density at radius 1 is 1.06 bits per heavy atom. The van der Waals surface area contributed by atoms with Gasteiger partial charge >= 0.3 is 6.03 Å². The SMILES string of the molecule is O=C1NC(=O)C2(N1)C(=O)Nc1ccc(Cl)cc12. The Kier molecular flexibility index (Phi) is 1.77. The molecule has 4 amide bonds. The highest BCUT2D eigenvalue weighted by Gasteiger charge is 2.58. The normalized spacial score (nSPS) is 25.6. The first-order valence-electron chi connectivity index (χ1n) is 4.79. The molecule has 7 heteroatoms. The van der Waals surface area contributed by atoms with Gasteiger partial charge < -0.3 is 10.6 Å². The summed E-state index contributed by atoms with van der Waals surface area (Å²) in [6, 6.07) is 3.97. The molecule has 1 spiro atoms. The van der Waals surface area contributed by atoms with E-state index in [-0.39, 0.29) is 0 Å². The number of anilines is 1. The number of carbonyl (C=O) groups excluding carboxylic acids is 3. The van der Waals surface area contributed by atoms with Crippen LogP contribution in [0.4, 0.5) is 10.5 Å².